The Morgan fingerprint density at radius 2 is 1.84 bits per heavy atom. The highest BCUT2D eigenvalue weighted by Gasteiger charge is 2.34. The zero-order valence-corrected chi connectivity index (χ0v) is 13.9. The molecule has 1 aromatic carbocycles. The van der Waals surface area contributed by atoms with E-state index in [2.05, 4.69) is 4.98 Å². The van der Waals surface area contributed by atoms with Crippen LogP contribution in [0.25, 0.3) is 0 Å². The molecule has 0 atom stereocenters. The molecule has 0 aliphatic carbocycles. The minimum absolute atomic E-state index is 0.0256. The van der Waals surface area contributed by atoms with Gasteiger partial charge in [0.2, 0.25) is 5.91 Å². The van der Waals surface area contributed by atoms with Gasteiger partial charge in [-0.1, -0.05) is 29.5 Å². The molecule has 0 saturated carbocycles. The molecule has 2 aromatic rings. The van der Waals surface area contributed by atoms with Gasteiger partial charge in [0.1, 0.15) is 10.7 Å². The molecule has 134 valence electrons. The molecule has 1 aliphatic heterocycles. The number of rotatable bonds is 3. The van der Waals surface area contributed by atoms with Crippen molar-refractivity contribution in [1.29, 1.82) is 0 Å². The second kappa shape index (κ2) is 6.99. The molecule has 1 aliphatic rings. The van der Waals surface area contributed by atoms with Crippen molar-refractivity contribution in [2.45, 2.75) is 12.6 Å². The highest BCUT2D eigenvalue weighted by atomic mass is 32.1. The summed E-state index contributed by atoms with van der Waals surface area (Å²) in [5, 5.41) is 0.300. The van der Waals surface area contributed by atoms with Gasteiger partial charge >= 0.3 is 6.18 Å². The van der Waals surface area contributed by atoms with Crippen molar-refractivity contribution in [1.82, 2.24) is 9.88 Å². The third-order valence-corrected chi connectivity index (χ3v) is 5.08. The summed E-state index contributed by atoms with van der Waals surface area (Å²) in [6.07, 6.45) is -3.59. The number of carbonyl (C=O) groups excluding carboxylic acids is 1. The van der Waals surface area contributed by atoms with E-state index in [0.717, 1.165) is 6.20 Å². The quantitative estimate of drug-likeness (QED) is 0.776. The van der Waals surface area contributed by atoms with E-state index in [0.29, 0.717) is 48.2 Å². The second-order valence-electron chi connectivity index (χ2n) is 5.64. The van der Waals surface area contributed by atoms with Crippen LogP contribution in [0, 0.1) is 5.82 Å². The molecule has 9 heteroatoms. The van der Waals surface area contributed by atoms with Crippen molar-refractivity contribution in [2.75, 3.05) is 31.1 Å². The smallest absolute Gasteiger partial charge is 0.345 e. The normalized spacial score (nSPS) is 15.5. The number of thiazole rings is 1. The number of alkyl halides is 3. The lowest BCUT2D eigenvalue weighted by Crippen LogP contribution is -2.49. The summed E-state index contributed by atoms with van der Waals surface area (Å²) in [6.45, 7) is 1.53. The van der Waals surface area contributed by atoms with Crippen LogP contribution in [0.2, 0.25) is 0 Å². The van der Waals surface area contributed by atoms with E-state index in [-0.39, 0.29) is 12.3 Å². The number of anilines is 1. The maximum atomic E-state index is 13.6. The molecule has 0 N–H and O–H groups in total. The van der Waals surface area contributed by atoms with Gasteiger partial charge in [0, 0.05) is 26.2 Å². The predicted octanol–water partition coefficient (Wildman–Crippen LogP) is 3.19. The molecule has 4 nitrogen and oxygen atoms in total. The van der Waals surface area contributed by atoms with Crippen LogP contribution in [0.5, 0.6) is 0 Å². The fourth-order valence-electron chi connectivity index (χ4n) is 2.61. The van der Waals surface area contributed by atoms with E-state index < -0.39 is 16.9 Å². The molecule has 1 aromatic heterocycles. The van der Waals surface area contributed by atoms with Gasteiger partial charge in [0.25, 0.3) is 0 Å². The molecule has 0 spiro atoms. The first-order valence-corrected chi connectivity index (χ1v) is 8.45. The number of benzene rings is 1. The topological polar surface area (TPSA) is 36.4 Å². The maximum absolute atomic E-state index is 13.6. The maximum Gasteiger partial charge on any atom is 0.427 e. The number of halogens is 4. The molecular formula is C16H15F4N3OS. The van der Waals surface area contributed by atoms with Crippen LogP contribution in [-0.4, -0.2) is 42.0 Å². The van der Waals surface area contributed by atoms with E-state index in [1.807, 2.05) is 0 Å². The van der Waals surface area contributed by atoms with Crippen LogP contribution in [0.3, 0.4) is 0 Å². The minimum Gasteiger partial charge on any atom is -0.345 e. The summed E-state index contributed by atoms with van der Waals surface area (Å²) < 4.78 is 51.6. The lowest BCUT2D eigenvalue weighted by atomic mass is 10.1. The molecule has 1 saturated heterocycles. The van der Waals surface area contributed by atoms with Crippen LogP contribution in [-0.2, 0) is 17.4 Å². The zero-order chi connectivity index (χ0) is 18.0. The first-order chi connectivity index (χ1) is 11.8. The van der Waals surface area contributed by atoms with Gasteiger partial charge in [-0.15, -0.1) is 0 Å². The summed E-state index contributed by atoms with van der Waals surface area (Å²) in [5.41, 5.74) is 0.338. The molecule has 0 radical (unpaired) electrons. The van der Waals surface area contributed by atoms with Crippen molar-refractivity contribution in [3.63, 3.8) is 0 Å². The van der Waals surface area contributed by atoms with Crippen molar-refractivity contribution in [3.05, 3.63) is 46.7 Å². The van der Waals surface area contributed by atoms with E-state index in [9.17, 15) is 22.4 Å². The van der Waals surface area contributed by atoms with Crippen LogP contribution in [0.4, 0.5) is 22.7 Å². The minimum atomic E-state index is -4.40. The fourth-order valence-corrected chi connectivity index (χ4v) is 3.44. The van der Waals surface area contributed by atoms with E-state index >= 15 is 0 Å². The summed E-state index contributed by atoms with van der Waals surface area (Å²) in [6, 6.07) is 6.11. The molecule has 0 bridgehead atoms. The van der Waals surface area contributed by atoms with Gasteiger partial charge in [0.05, 0.1) is 12.6 Å². The molecular weight excluding hydrogens is 358 g/mol. The lowest BCUT2D eigenvalue weighted by molar-refractivity contribution is -0.134. The zero-order valence-electron chi connectivity index (χ0n) is 13.1. The van der Waals surface area contributed by atoms with Crippen molar-refractivity contribution in [2.24, 2.45) is 0 Å². The molecule has 1 fully saturated rings. The van der Waals surface area contributed by atoms with Crippen molar-refractivity contribution >= 4 is 22.4 Å². The second-order valence-corrected chi connectivity index (χ2v) is 6.65. The summed E-state index contributed by atoms with van der Waals surface area (Å²) in [4.78, 5) is 18.7. The monoisotopic (exact) mass is 373 g/mol. The van der Waals surface area contributed by atoms with Crippen LogP contribution in [0.15, 0.2) is 30.5 Å². The highest BCUT2D eigenvalue weighted by molar-refractivity contribution is 7.15. The van der Waals surface area contributed by atoms with Crippen molar-refractivity contribution < 1.29 is 22.4 Å². The van der Waals surface area contributed by atoms with Gasteiger partial charge in [-0.3, -0.25) is 4.79 Å². The fraction of sp³-hybridized carbons (Fsp3) is 0.375. The van der Waals surface area contributed by atoms with E-state index in [1.54, 1.807) is 28.0 Å². The Morgan fingerprint density at radius 3 is 2.44 bits per heavy atom. The largest absolute Gasteiger partial charge is 0.427 e. The number of piperazine rings is 1. The first kappa shape index (κ1) is 17.7. The number of hydrogen-bond acceptors (Lipinski definition) is 4. The van der Waals surface area contributed by atoms with Gasteiger partial charge in [-0.2, -0.15) is 13.2 Å². The number of amides is 1. The standard InChI is InChI=1S/C16H15F4N3OS/c17-12-4-2-1-3-11(12)9-14(24)22-5-7-23(8-6-22)15-21-10-13(25-15)16(18,19)20/h1-4,10H,5-9H2. The first-order valence-electron chi connectivity index (χ1n) is 7.64. The lowest BCUT2D eigenvalue weighted by Gasteiger charge is -2.34. The molecule has 25 heavy (non-hydrogen) atoms. The summed E-state index contributed by atoms with van der Waals surface area (Å²) in [7, 11) is 0. The molecule has 0 unspecified atom stereocenters. The Kier molecular flexibility index (Phi) is 4.94. The number of carbonyl (C=O) groups is 1. The molecule has 3 rings (SSSR count). The highest BCUT2D eigenvalue weighted by Crippen LogP contribution is 2.36. The van der Waals surface area contributed by atoms with Crippen LogP contribution < -0.4 is 4.90 Å². The van der Waals surface area contributed by atoms with Crippen LogP contribution in [0.1, 0.15) is 10.4 Å². The van der Waals surface area contributed by atoms with Gasteiger partial charge in [0.15, 0.2) is 5.13 Å². The number of aromatic nitrogens is 1. The molecule has 1 amide bonds. The Morgan fingerprint density at radius 1 is 1.16 bits per heavy atom. The SMILES string of the molecule is O=C(Cc1ccccc1F)N1CCN(c2ncc(C(F)(F)F)s2)CC1. The Hall–Kier alpha value is -2.16. The van der Waals surface area contributed by atoms with Gasteiger partial charge in [-0.25, -0.2) is 9.37 Å². The Balaban J connectivity index is 1.57. The third kappa shape index (κ3) is 4.09. The average Bonchev–Trinajstić information content (AvgIpc) is 3.07. The van der Waals surface area contributed by atoms with Gasteiger partial charge in [-0.05, 0) is 11.6 Å². The summed E-state index contributed by atoms with van der Waals surface area (Å²) in [5.74, 6) is -0.614. The third-order valence-electron chi connectivity index (χ3n) is 3.98. The summed E-state index contributed by atoms with van der Waals surface area (Å²) >= 11 is 0.597. The van der Waals surface area contributed by atoms with E-state index in [4.69, 9.17) is 0 Å². The van der Waals surface area contributed by atoms with Crippen molar-refractivity contribution in [3.8, 4) is 0 Å². The van der Waals surface area contributed by atoms with Gasteiger partial charge < -0.3 is 9.80 Å². The Bertz CT molecular complexity index is 754. The average molecular weight is 373 g/mol. The Labute approximate surface area is 145 Å². The number of nitrogens with zero attached hydrogens (tertiary/aromatic N) is 3. The number of hydrogen-bond donors (Lipinski definition) is 0. The predicted molar refractivity (Wildman–Crippen MR) is 86.0 cm³/mol. The molecule has 2 heterocycles. The van der Waals surface area contributed by atoms with Crippen LogP contribution >= 0.6 is 11.3 Å². The van der Waals surface area contributed by atoms with E-state index in [1.165, 1.54) is 6.07 Å².